The van der Waals surface area contributed by atoms with E-state index < -0.39 is 0 Å². The third-order valence-corrected chi connectivity index (χ3v) is 4.36. The monoisotopic (exact) mass is 343 g/mol. The predicted molar refractivity (Wildman–Crippen MR) is 95.3 cm³/mol. The molecule has 1 aliphatic heterocycles. The van der Waals surface area contributed by atoms with Crippen LogP contribution in [-0.2, 0) is 6.54 Å². The second-order valence-corrected chi connectivity index (χ2v) is 5.99. The van der Waals surface area contributed by atoms with Crippen LogP contribution in [0.4, 0.5) is 14.9 Å². The highest BCUT2D eigenvalue weighted by Gasteiger charge is 2.22. The second kappa shape index (κ2) is 7.98. The van der Waals surface area contributed by atoms with Gasteiger partial charge in [0.2, 0.25) is 0 Å². The molecule has 25 heavy (non-hydrogen) atoms. The van der Waals surface area contributed by atoms with Crippen molar-refractivity contribution >= 4 is 11.7 Å². The van der Waals surface area contributed by atoms with Crippen LogP contribution in [0, 0.1) is 5.82 Å². The summed E-state index contributed by atoms with van der Waals surface area (Å²) < 4.78 is 19.0. The molecule has 1 fully saturated rings. The van der Waals surface area contributed by atoms with Crippen molar-refractivity contribution in [2.45, 2.75) is 6.54 Å². The van der Waals surface area contributed by atoms with Crippen molar-refractivity contribution < 1.29 is 13.9 Å². The molecule has 2 aromatic carbocycles. The number of piperazine rings is 1. The number of benzene rings is 2. The van der Waals surface area contributed by atoms with Gasteiger partial charge in [0.25, 0.3) is 0 Å². The average Bonchev–Trinajstić information content (AvgIpc) is 2.64. The number of urea groups is 1. The molecule has 0 unspecified atom stereocenters. The number of para-hydroxylation sites is 2. The minimum absolute atomic E-state index is 0.143. The summed E-state index contributed by atoms with van der Waals surface area (Å²) in [6.45, 7) is 3.21. The van der Waals surface area contributed by atoms with E-state index in [-0.39, 0.29) is 11.8 Å². The van der Waals surface area contributed by atoms with Crippen LogP contribution in [0.2, 0.25) is 0 Å². The van der Waals surface area contributed by atoms with Crippen molar-refractivity contribution in [2.24, 2.45) is 0 Å². The molecule has 0 aromatic heterocycles. The Morgan fingerprint density at radius 3 is 2.48 bits per heavy atom. The highest BCUT2D eigenvalue weighted by molar-refractivity contribution is 5.91. The maximum Gasteiger partial charge on any atom is 0.322 e. The lowest BCUT2D eigenvalue weighted by atomic mass is 10.2. The van der Waals surface area contributed by atoms with E-state index in [2.05, 4.69) is 10.2 Å². The normalized spacial score (nSPS) is 15.0. The summed E-state index contributed by atoms with van der Waals surface area (Å²) in [5, 5.41) is 2.89. The predicted octanol–water partition coefficient (Wildman–Crippen LogP) is 3.18. The second-order valence-electron chi connectivity index (χ2n) is 5.99. The molecule has 0 spiro atoms. The smallest absolute Gasteiger partial charge is 0.322 e. The molecular formula is C19H22FN3O2. The maximum absolute atomic E-state index is 13.8. The van der Waals surface area contributed by atoms with Gasteiger partial charge >= 0.3 is 6.03 Å². The van der Waals surface area contributed by atoms with Crippen molar-refractivity contribution in [1.82, 2.24) is 9.80 Å². The van der Waals surface area contributed by atoms with Gasteiger partial charge in [-0.2, -0.15) is 0 Å². The van der Waals surface area contributed by atoms with Crippen LogP contribution < -0.4 is 10.1 Å². The van der Waals surface area contributed by atoms with E-state index in [9.17, 15) is 9.18 Å². The lowest BCUT2D eigenvalue weighted by Gasteiger charge is -2.34. The molecule has 0 bridgehead atoms. The van der Waals surface area contributed by atoms with Crippen molar-refractivity contribution in [3.8, 4) is 5.75 Å². The van der Waals surface area contributed by atoms with Gasteiger partial charge in [0.05, 0.1) is 12.8 Å². The zero-order chi connectivity index (χ0) is 17.6. The van der Waals surface area contributed by atoms with E-state index in [0.29, 0.717) is 49.7 Å². The number of amides is 2. The third kappa shape index (κ3) is 4.28. The lowest BCUT2D eigenvalue weighted by molar-refractivity contribution is 0.142. The number of nitrogens with one attached hydrogen (secondary N) is 1. The summed E-state index contributed by atoms with van der Waals surface area (Å²) in [6.07, 6.45) is 0. The van der Waals surface area contributed by atoms with Crippen LogP contribution in [0.3, 0.4) is 0 Å². The first-order valence-electron chi connectivity index (χ1n) is 8.32. The van der Waals surface area contributed by atoms with E-state index >= 15 is 0 Å². The lowest BCUT2D eigenvalue weighted by Crippen LogP contribution is -2.49. The quantitative estimate of drug-likeness (QED) is 0.927. The average molecular weight is 343 g/mol. The Hall–Kier alpha value is -2.60. The molecule has 3 rings (SSSR count). The van der Waals surface area contributed by atoms with Crippen LogP contribution in [0.1, 0.15) is 5.56 Å². The fraction of sp³-hybridized carbons (Fsp3) is 0.316. The molecular weight excluding hydrogens is 321 g/mol. The summed E-state index contributed by atoms with van der Waals surface area (Å²) in [4.78, 5) is 16.4. The summed E-state index contributed by atoms with van der Waals surface area (Å²) in [5.74, 6) is 0.452. The molecule has 0 saturated carbocycles. The highest BCUT2D eigenvalue weighted by atomic mass is 19.1. The van der Waals surface area contributed by atoms with Crippen LogP contribution in [0.25, 0.3) is 0 Å². The van der Waals surface area contributed by atoms with Gasteiger partial charge in [-0.1, -0.05) is 30.3 Å². The number of rotatable bonds is 4. The summed E-state index contributed by atoms with van der Waals surface area (Å²) in [5.41, 5.74) is 1.35. The number of carbonyl (C=O) groups is 1. The first-order valence-corrected chi connectivity index (χ1v) is 8.32. The van der Waals surface area contributed by atoms with E-state index in [1.54, 1.807) is 24.1 Å². The van der Waals surface area contributed by atoms with Gasteiger partial charge in [-0.3, -0.25) is 4.90 Å². The molecule has 1 aliphatic rings. The highest BCUT2D eigenvalue weighted by Crippen LogP contribution is 2.23. The largest absolute Gasteiger partial charge is 0.495 e. The molecule has 2 aromatic rings. The Bertz CT molecular complexity index is 730. The van der Waals surface area contributed by atoms with Gasteiger partial charge in [0.15, 0.2) is 0 Å². The minimum atomic E-state index is -0.182. The van der Waals surface area contributed by atoms with E-state index in [0.717, 1.165) is 0 Å². The standard InChI is InChI=1S/C19H22FN3O2/c1-25-18-9-5-4-8-17(18)21-19(24)23-12-10-22(11-13-23)14-15-6-2-3-7-16(15)20/h2-9H,10-14H2,1H3,(H,21,24). The molecule has 6 heteroatoms. The molecule has 5 nitrogen and oxygen atoms in total. The summed E-state index contributed by atoms with van der Waals surface area (Å²) in [6, 6.07) is 14.0. The van der Waals surface area contributed by atoms with Crippen molar-refractivity contribution in [3.05, 3.63) is 59.9 Å². The van der Waals surface area contributed by atoms with Gasteiger partial charge < -0.3 is 15.0 Å². The number of hydrogen-bond acceptors (Lipinski definition) is 3. The van der Waals surface area contributed by atoms with E-state index in [4.69, 9.17) is 4.74 Å². The zero-order valence-electron chi connectivity index (χ0n) is 14.2. The van der Waals surface area contributed by atoms with Crippen LogP contribution >= 0.6 is 0 Å². The van der Waals surface area contributed by atoms with Crippen molar-refractivity contribution in [1.29, 1.82) is 0 Å². The molecule has 1 saturated heterocycles. The van der Waals surface area contributed by atoms with E-state index in [1.807, 2.05) is 30.3 Å². The van der Waals surface area contributed by atoms with Crippen molar-refractivity contribution in [2.75, 3.05) is 38.6 Å². The topological polar surface area (TPSA) is 44.8 Å². The molecule has 0 atom stereocenters. The Kier molecular flexibility index (Phi) is 5.50. The Morgan fingerprint density at radius 2 is 1.76 bits per heavy atom. The number of nitrogens with zero attached hydrogens (tertiary/aromatic N) is 2. The number of hydrogen-bond donors (Lipinski definition) is 1. The van der Waals surface area contributed by atoms with E-state index in [1.165, 1.54) is 6.07 Å². The van der Waals surface area contributed by atoms with Gasteiger partial charge in [-0.15, -0.1) is 0 Å². The summed E-state index contributed by atoms with van der Waals surface area (Å²) >= 11 is 0. The van der Waals surface area contributed by atoms with Gasteiger partial charge in [-0.05, 0) is 18.2 Å². The molecule has 0 aliphatic carbocycles. The molecule has 0 radical (unpaired) electrons. The van der Waals surface area contributed by atoms with Crippen LogP contribution in [0.5, 0.6) is 5.75 Å². The fourth-order valence-electron chi connectivity index (χ4n) is 2.92. The SMILES string of the molecule is COc1ccccc1NC(=O)N1CCN(Cc2ccccc2F)CC1. The number of halogens is 1. The summed E-state index contributed by atoms with van der Waals surface area (Å²) in [7, 11) is 1.58. The van der Waals surface area contributed by atoms with Gasteiger partial charge in [-0.25, -0.2) is 9.18 Å². The Labute approximate surface area is 147 Å². The molecule has 1 N–H and O–H groups in total. The van der Waals surface area contributed by atoms with Crippen LogP contribution in [-0.4, -0.2) is 49.1 Å². The maximum atomic E-state index is 13.8. The Balaban J connectivity index is 1.53. The molecule has 1 heterocycles. The first kappa shape index (κ1) is 17.2. The fourth-order valence-corrected chi connectivity index (χ4v) is 2.92. The van der Waals surface area contributed by atoms with Gasteiger partial charge in [0.1, 0.15) is 11.6 Å². The van der Waals surface area contributed by atoms with Gasteiger partial charge in [0, 0.05) is 38.3 Å². The number of methoxy groups -OCH3 is 1. The Morgan fingerprint density at radius 1 is 1.08 bits per heavy atom. The minimum Gasteiger partial charge on any atom is -0.495 e. The third-order valence-electron chi connectivity index (χ3n) is 4.36. The number of ether oxygens (including phenoxy) is 1. The number of anilines is 1. The van der Waals surface area contributed by atoms with Crippen molar-refractivity contribution in [3.63, 3.8) is 0 Å². The number of carbonyl (C=O) groups excluding carboxylic acids is 1. The van der Waals surface area contributed by atoms with Crippen LogP contribution in [0.15, 0.2) is 48.5 Å². The zero-order valence-corrected chi connectivity index (χ0v) is 14.2. The first-order chi connectivity index (χ1) is 12.2. The molecule has 2 amide bonds. The molecule has 132 valence electrons.